The molecule has 5 rings (SSSR count). The fourth-order valence-corrected chi connectivity index (χ4v) is 4.15. The fourth-order valence-electron chi connectivity index (χ4n) is 3.94. The summed E-state index contributed by atoms with van der Waals surface area (Å²) in [5, 5.41) is 2.65. The molecule has 0 radical (unpaired) electrons. The van der Waals surface area contributed by atoms with Crippen LogP contribution in [0.4, 0.5) is 11.4 Å². The van der Waals surface area contributed by atoms with Gasteiger partial charge in [-0.3, -0.25) is 9.59 Å². The lowest BCUT2D eigenvalue weighted by Gasteiger charge is -2.16. The molecule has 0 spiro atoms. The zero-order valence-corrected chi connectivity index (χ0v) is 20.9. The van der Waals surface area contributed by atoms with Gasteiger partial charge in [0.2, 0.25) is 0 Å². The van der Waals surface area contributed by atoms with Crippen LogP contribution < -0.4 is 19.7 Å². The number of hydrogen-bond donors (Lipinski definition) is 1. The van der Waals surface area contributed by atoms with E-state index < -0.39 is 17.8 Å². The van der Waals surface area contributed by atoms with Crippen molar-refractivity contribution < 1.29 is 23.9 Å². The second-order valence-electron chi connectivity index (χ2n) is 8.32. The Balaban J connectivity index is 1.25. The van der Waals surface area contributed by atoms with Crippen molar-refractivity contribution in [2.24, 2.45) is 0 Å². The number of methoxy groups -OCH3 is 1. The van der Waals surface area contributed by atoms with E-state index in [4.69, 9.17) is 21.1 Å². The summed E-state index contributed by atoms with van der Waals surface area (Å²) in [4.78, 5) is 39.3. The van der Waals surface area contributed by atoms with Crippen LogP contribution in [-0.4, -0.2) is 24.9 Å². The number of nitrogens with zero attached hydrogens (tertiary/aromatic N) is 1. The summed E-state index contributed by atoms with van der Waals surface area (Å²) in [5.74, 6) is -0.865. The molecule has 1 N–H and O–H groups in total. The fraction of sp³-hybridized carbons (Fsp3) is 0.0333. The first-order valence-corrected chi connectivity index (χ1v) is 12.0. The molecule has 8 heteroatoms. The van der Waals surface area contributed by atoms with Crippen LogP contribution in [0.3, 0.4) is 0 Å². The van der Waals surface area contributed by atoms with Crippen LogP contribution in [-0.2, 0) is 9.59 Å². The Labute approximate surface area is 223 Å². The van der Waals surface area contributed by atoms with Gasteiger partial charge in [-0.2, -0.15) is 0 Å². The van der Waals surface area contributed by atoms with Gasteiger partial charge in [0, 0.05) is 11.8 Å². The average molecular weight is 525 g/mol. The second kappa shape index (κ2) is 10.6. The van der Waals surface area contributed by atoms with Gasteiger partial charge in [0.15, 0.2) is 0 Å². The molecule has 4 aromatic rings. The number of hydrogen-bond acceptors (Lipinski definition) is 6. The van der Waals surface area contributed by atoms with Crippen LogP contribution in [0.15, 0.2) is 114 Å². The molecule has 0 saturated carbocycles. The Morgan fingerprint density at radius 2 is 1.45 bits per heavy atom. The maximum Gasteiger partial charge on any atom is 0.343 e. The van der Waals surface area contributed by atoms with Crippen LogP contribution in [0.1, 0.15) is 10.4 Å². The highest BCUT2D eigenvalue weighted by molar-refractivity contribution is 6.53. The number of carbonyl (C=O) groups excluding carboxylic acids is 3. The first kappa shape index (κ1) is 24.8. The minimum atomic E-state index is -0.647. The van der Waals surface area contributed by atoms with Gasteiger partial charge in [0.25, 0.3) is 11.8 Å². The minimum Gasteiger partial charge on any atom is -0.497 e. The SMILES string of the molecule is COc1cccc(N2C(=O)C(Cl)=C(Nc3ccc(C(=O)Oc4ccc(-c5ccccc5)cc4)cc3)C2=O)c1. The molecule has 0 bridgehead atoms. The lowest BCUT2D eigenvalue weighted by molar-refractivity contribution is -0.120. The molecule has 188 valence electrons. The van der Waals surface area contributed by atoms with Gasteiger partial charge in [-0.1, -0.05) is 60.1 Å². The van der Waals surface area contributed by atoms with E-state index in [1.54, 1.807) is 60.7 Å². The summed E-state index contributed by atoms with van der Waals surface area (Å²) in [6, 6.07) is 30.0. The number of amides is 2. The molecule has 1 heterocycles. The Hall–Kier alpha value is -4.88. The molecule has 4 aromatic carbocycles. The lowest BCUT2D eigenvalue weighted by atomic mass is 10.1. The molecule has 0 saturated heterocycles. The molecule has 1 aliphatic rings. The van der Waals surface area contributed by atoms with Gasteiger partial charge < -0.3 is 14.8 Å². The summed E-state index contributed by atoms with van der Waals surface area (Å²) in [5.41, 5.74) is 3.14. The molecular formula is C30H21ClN2O5. The zero-order chi connectivity index (χ0) is 26.6. The number of carbonyl (C=O) groups is 3. The van der Waals surface area contributed by atoms with Crippen molar-refractivity contribution in [3.05, 3.63) is 119 Å². The van der Waals surface area contributed by atoms with E-state index in [-0.39, 0.29) is 10.7 Å². The van der Waals surface area contributed by atoms with E-state index in [1.165, 1.54) is 7.11 Å². The van der Waals surface area contributed by atoms with Crippen LogP contribution >= 0.6 is 11.6 Å². The van der Waals surface area contributed by atoms with Crippen LogP contribution in [0.25, 0.3) is 11.1 Å². The van der Waals surface area contributed by atoms with Crippen molar-refractivity contribution in [1.82, 2.24) is 0 Å². The molecule has 2 amide bonds. The normalized spacial score (nSPS) is 13.1. The van der Waals surface area contributed by atoms with Crippen LogP contribution in [0.2, 0.25) is 0 Å². The molecular weight excluding hydrogens is 504 g/mol. The standard InChI is InChI=1S/C30H21ClN2O5/c1-37-25-9-5-8-23(18-25)33-28(34)26(31)27(29(33)35)32-22-14-10-21(11-15-22)30(36)38-24-16-12-20(13-17-24)19-6-3-2-4-7-19/h2-18,32H,1H3. The van der Waals surface area contributed by atoms with Crippen molar-refractivity contribution >= 4 is 40.8 Å². The molecule has 0 atom stereocenters. The molecule has 38 heavy (non-hydrogen) atoms. The second-order valence-corrected chi connectivity index (χ2v) is 8.70. The molecule has 0 aromatic heterocycles. The Bertz CT molecular complexity index is 1550. The maximum absolute atomic E-state index is 13.0. The maximum atomic E-state index is 13.0. The van der Waals surface area contributed by atoms with E-state index in [0.29, 0.717) is 28.4 Å². The largest absolute Gasteiger partial charge is 0.497 e. The topological polar surface area (TPSA) is 84.9 Å². The third-order valence-electron chi connectivity index (χ3n) is 5.90. The first-order chi connectivity index (χ1) is 18.4. The van der Waals surface area contributed by atoms with E-state index in [0.717, 1.165) is 16.0 Å². The van der Waals surface area contributed by atoms with Crippen molar-refractivity contribution in [1.29, 1.82) is 0 Å². The van der Waals surface area contributed by atoms with E-state index in [1.807, 2.05) is 42.5 Å². The summed E-state index contributed by atoms with van der Waals surface area (Å²) < 4.78 is 10.7. The van der Waals surface area contributed by atoms with Gasteiger partial charge in [-0.15, -0.1) is 0 Å². The van der Waals surface area contributed by atoms with Crippen molar-refractivity contribution in [3.8, 4) is 22.6 Å². The number of benzene rings is 4. The zero-order valence-electron chi connectivity index (χ0n) is 20.2. The third-order valence-corrected chi connectivity index (χ3v) is 6.25. The number of nitrogens with one attached hydrogen (secondary N) is 1. The van der Waals surface area contributed by atoms with Crippen LogP contribution in [0.5, 0.6) is 11.5 Å². The number of rotatable bonds is 7. The predicted octanol–water partition coefficient (Wildman–Crippen LogP) is 6.02. The van der Waals surface area contributed by atoms with E-state index in [2.05, 4.69) is 5.32 Å². The Morgan fingerprint density at radius 3 is 2.13 bits per heavy atom. The minimum absolute atomic E-state index is 0.0617. The highest BCUT2D eigenvalue weighted by Gasteiger charge is 2.39. The molecule has 0 fully saturated rings. The van der Waals surface area contributed by atoms with Gasteiger partial charge >= 0.3 is 5.97 Å². The molecule has 0 aliphatic carbocycles. The van der Waals surface area contributed by atoms with E-state index in [9.17, 15) is 14.4 Å². The quantitative estimate of drug-likeness (QED) is 0.181. The number of ether oxygens (including phenoxy) is 2. The van der Waals surface area contributed by atoms with E-state index >= 15 is 0 Å². The smallest absolute Gasteiger partial charge is 0.343 e. The van der Waals surface area contributed by atoms with Gasteiger partial charge in [0.1, 0.15) is 22.2 Å². The summed E-state index contributed by atoms with van der Waals surface area (Å²) in [7, 11) is 1.49. The number of anilines is 2. The van der Waals surface area contributed by atoms with Gasteiger partial charge in [0.05, 0.1) is 18.4 Å². The third kappa shape index (κ3) is 5.00. The number of esters is 1. The Morgan fingerprint density at radius 1 is 0.763 bits per heavy atom. The summed E-state index contributed by atoms with van der Waals surface area (Å²) >= 11 is 6.21. The van der Waals surface area contributed by atoms with Crippen LogP contribution in [0, 0.1) is 0 Å². The van der Waals surface area contributed by atoms with Crippen molar-refractivity contribution in [2.45, 2.75) is 0 Å². The first-order valence-electron chi connectivity index (χ1n) is 11.6. The van der Waals surface area contributed by atoms with Gasteiger partial charge in [-0.25, -0.2) is 9.69 Å². The number of halogens is 1. The predicted molar refractivity (Wildman–Crippen MR) is 145 cm³/mol. The highest BCUT2D eigenvalue weighted by Crippen LogP contribution is 2.32. The monoisotopic (exact) mass is 524 g/mol. The summed E-state index contributed by atoms with van der Waals surface area (Å²) in [6.45, 7) is 0. The Kier molecular flexibility index (Phi) is 6.93. The number of imide groups is 1. The molecule has 0 unspecified atom stereocenters. The molecule has 7 nitrogen and oxygen atoms in total. The summed E-state index contributed by atoms with van der Waals surface area (Å²) in [6.07, 6.45) is 0. The average Bonchev–Trinajstić information content (AvgIpc) is 3.17. The molecule has 1 aliphatic heterocycles. The lowest BCUT2D eigenvalue weighted by Crippen LogP contribution is -2.32. The van der Waals surface area contributed by atoms with Crippen molar-refractivity contribution in [3.63, 3.8) is 0 Å². The highest BCUT2D eigenvalue weighted by atomic mass is 35.5. The van der Waals surface area contributed by atoms with Crippen molar-refractivity contribution in [2.75, 3.05) is 17.3 Å². The van der Waals surface area contributed by atoms with Gasteiger partial charge in [-0.05, 0) is 59.7 Å².